The predicted octanol–water partition coefficient (Wildman–Crippen LogP) is 12.8. The third kappa shape index (κ3) is 11.6. The fourth-order valence-corrected chi connectivity index (χ4v) is 10.1. The van der Waals surface area contributed by atoms with Crippen molar-refractivity contribution in [2.24, 2.45) is 17.8 Å². The van der Waals surface area contributed by atoms with Crippen molar-refractivity contribution in [3.8, 4) is 0 Å². The van der Waals surface area contributed by atoms with Gasteiger partial charge in [0.05, 0.1) is 18.5 Å². The molecule has 6 rings (SSSR count). The molecule has 0 spiro atoms. The number of ether oxygens (including phenoxy) is 2. The fourth-order valence-electron chi connectivity index (χ4n) is 10.1. The van der Waals surface area contributed by atoms with Gasteiger partial charge in [-0.2, -0.15) is 0 Å². The number of Topliss-reactive ketones (excluding diaryl/α,β-unsaturated/α-hetero) is 1. The van der Waals surface area contributed by atoms with Gasteiger partial charge in [-0.15, -0.1) is 22.1 Å². The van der Waals surface area contributed by atoms with Crippen LogP contribution in [0.15, 0.2) is 36.4 Å². The van der Waals surface area contributed by atoms with E-state index in [0.717, 1.165) is 81.5 Å². The molecule has 2 aliphatic heterocycles. The van der Waals surface area contributed by atoms with Crippen LogP contribution < -0.4 is 9.97 Å². The van der Waals surface area contributed by atoms with Crippen molar-refractivity contribution in [2.75, 3.05) is 13.7 Å². The summed E-state index contributed by atoms with van der Waals surface area (Å²) in [7, 11) is 1.30. The molecule has 5 unspecified atom stereocenters. The van der Waals surface area contributed by atoms with Gasteiger partial charge in [0.25, 0.3) is 0 Å². The van der Waals surface area contributed by atoms with Crippen LogP contribution in [-0.2, 0) is 19.1 Å². The maximum absolute atomic E-state index is 14.4. The van der Waals surface area contributed by atoms with Crippen LogP contribution in [0, 0.1) is 31.6 Å². The molecule has 5 heterocycles. The van der Waals surface area contributed by atoms with Crippen LogP contribution in [0.2, 0.25) is 0 Å². The Morgan fingerprint density at radius 2 is 1.51 bits per heavy atom. The van der Waals surface area contributed by atoms with Crippen molar-refractivity contribution in [2.45, 2.75) is 164 Å². The van der Waals surface area contributed by atoms with Gasteiger partial charge in [-0.05, 0) is 99.5 Å². The Kier molecular flexibility index (Phi) is 18.3. The van der Waals surface area contributed by atoms with E-state index in [4.69, 9.17) is 29.4 Å². The molecule has 10 heteroatoms. The van der Waals surface area contributed by atoms with Crippen molar-refractivity contribution in [1.82, 2.24) is 19.9 Å². The van der Waals surface area contributed by atoms with E-state index in [9.17, 15) is 14.4 Å². The number of aromatic nitrogens is 4. The zero-order valence-electron chi connectivity index (χ0n) is 41.3. The number of carbonyl (C=O) groups is 3. The molecule has 0 aromatic carbocycles. The molecule has 5 atom stereocenters. The van der Waals surface area contributed by atoms with E-state index in [1.807, 2.05) is 44.2 Å². The number of nitrogens with zero attached hydrogens (tertiary/aromatic N) is 4. The Morgan fingerprint density at radius 1 is 0.862 bits per heavy atom. The topological polar surface area (TPSA) is 124 Å². The average molecular weight is 894 g/mol. The minimum Gasteiger partial charge on any atom is -0.657 e. The van der Waals surface area contributed by atoms with Gasteiger partial charge in [0.15, 0.2) is 5.78 Å². The Balaban J connectivity index is 0.00000793. The van der Waals surface area contributed by atoms with Crippen molar-refractivity contribution < 1.29 is 23.9 Å². The molecular weight excluding hydrogens is 821 g/mol. The fraction of sp³-hybridized carbons (Fsp3) is 0.545. The third-order valence-corrected chi connectivity index (χ3v) is 14.2. The average Bonchev–Trinajstić information content (AvgIpc) is 3.99. The van der Waals surface area contributed by atoms with Gasteiger partial charge in [0.1, 0.15) is 12.5 Å². The number of aryl methyl sites for hydroxylation is 2. The number of hydrogen-bond acceptors (Lipinski definition) is 7. The molecule has 3 aromatic rings. The van der Waals surface area contributed by atoms with Gasteiger partial charge in [0, 0.05) is 35.2 Å². The van der Waals surface area contributed by atoms with Crippen LogP contribution in [0.4, 0.5) is 0 Å². The van der Waals surface area contributed by atoms with E-state index < -0.39 is 11.9 Å². The number of ketones is 1. The van der Waals surface area contributed by atoms with E-state index in [0.29, 0.717) is 45.8 Å². The molecule has 0 amide bonds. The summed E-state index contributed by atoms with van der Waals surface area (Å²) in [5, 5.41) is 0. The summed E-state index contributed by atoms with van der Waals surface area (Å²) >= 11 is 0. The Labute approximate surface area is 404 Å². The zero-order chi connectivity index (χ0) is 46.4. The van der Waals surface area contributed by atoms with E-state index in [-0.39, 0.29) is 59.7 Å². The standard InChI is InChI=1S/C55H73N4O5.Mg/c1-13-39-35(8)42-28-44-37(10)41(24-25-48(60)64-27-26-34(7)23-17-22-33(6)21-16-20-32(5)19-15-18-31(3)4)52(58-44)50-51(55(62)63-12)54(61)49-38(11)45(59-53(49)50)30-47-40(14-2)36(9)43(57-47)29-46(39)56-42;/h13,26,28-33,37,41,51H,1,14-25,27H2,2-12H3,(H-,56,57,58,59,61);/q-1;+2/p-1. The van der Waals surface area contributed by atoms with Crippen LogP contribution in [0.5, 0.6) is 0 Å². The van der Waals surface area contributed by atoms with Gasteiger partial charge in [0.2, 0.25) is 0 Å². The Bertz CT molecular complexity index is 2490. The van der Waals surface area contributed by atoms with Crippen molar-refractivity contribution >= 4 is 80.1 Å². The number of methoxy groups -OCH3 is 1. The summed E-state index contributed by atoms with van der Waals surface area (Å²) in [6, 6.07) is 5.95. The normalized spacial score (nSPS) is 17.9. The first-order chi connectivity index (χ1) is 30.6. The largest absolute Gasteiger partial charge is 2.00 e. The monoisotopic (exact) mass is 893 g/mol. The van der Waals surface area contributed by atoms with Crippen LogP contribution in [0.1, 0.15) is 206 Å². The van der Waals surface area contributed by atoms with Gasteiger partial charge in [-0.1, -0.05) is 134 Å². The smallest absolute Gasteiger partial charge is 0.657 e. The van der Waals surface area contributed by atoms with Crippen molar-refractivity contribution in [3.63, 3.8) is 0 Å². The van der Waals surface area contributed by atoms with Crippen LogP contribution >= 0.6 is 0 Å². The maximum Gasteiger partial charge on any atom is 2.00 e. The summed E-state index contributed by atoms with van der Waals surface area (Å²) in [6.07, 6.45) is 16.4. The molecule has 65 heavy (non-hydrogen) atoms. The Morgan fingerprint density at radius 3 is 2.15 bits per heavy atom. The van der Waals surface area contributed by atoms with Gasteiger partial charge >= 0.3 is 35.0 Å². The molecule has 3 aromatic heterocycles. The summed E-state index contributed by atoms with van der Waals surface area (Å²) in [6.45, 7) is 26.0. The molecular formula is C55H72MgN4O5. The first-order valence-corrected chi connectivity index (χ1v) is 24.0. The second-order valence-corrected chi connectivity index (χ2v) is 19.4. The van der Waals surface area contributed by atoms with Crippen LogP contribution in [0.25, 0.3) is 39.3 Å². The summed E-state index contributed by atoms with van der Waals surface area (Å²) < 4.78 is 11.0. The number of allylic oxidation sites excluding steroid dienone is 3. The molecule has 1 aliphatic carbocycles. The third-order valence-electron chi connectivity index (χ3n) is 14.2. The van der Waals surface area contributed by atoms with E-state index in [1.54, 1.807) is 0 Å². The molecule has 0 saturated heterocycles. The number of carbonyl (C=O) groups excluding carboxylic acids is 3. The molecule has 3 aliphatic rings. The number of esters is 2. The number of fused-ring (bicyclic) bond motifs is 8. The van der Waals surface area contributed by atoms with Gasteiger partial charge < -0.3 is 19.4 Å². The summed E-state index contributed by atoms with van der Waals surface area (Å²) in [5.41, 5.74) is 12.3. The Hall–Kier alpha value is -4.28. The number of rotatable bonds is 20. The summed E-state index contributed by atoms with van der Waals surface area (Å²) in [4.78, 5) is 61.8. The molecule has 0 fully saturated rings. The molecule has 344 valence electrons. The minimum atomic E-state index is -1.22. The first kappa shape index (κ1) is 51.7. The number of hydrogen-bond donors (Lipinski definition) is 0. The maximum atomic E-state index is 14.4. The first-order valence-electron chi connectivity index (χ1n) is 24.0. The molecule has 9 nitrogen and oxygen atoms in total. The quantitative estimate of drug-likeness (QED) is 0.0472. The van der Waals surface area contributed by atoms with Crippen LogP contribution in [0.3, 0.4) is 0 Å². The van der Waals surface area contributed by atoms with E-state index in [2.05, 4.69) is 62.0 Å². The molecule has 0 saturated carbocycles. The molecule has 0 N–H and O–H groups in total. The van der Waals surface area contributed by atoms with Crippen molar-refractivity contribution in [3.05, 3.63) is 87.0 Å². The zero-order valence-corrected chi connectivity index (χ0v) is 42.7. The van der Waals surface area contributed by atoms with Gasteiger partial charge in [-0.3, -0.25) is 19.4 Å². The van der Waals surface area contributed by atoms with Crippen LogP contribution in [-0.4, -0.2) is 64.5 Å². The van der Waals surface area contributed by atoms with Crippen molar-refractivity contribution in [1.29, 1.82) is 0 Å². The second-order valence-electron chi connectivity index (χ2n) is 19.4. The molecule has 8 bridgehead atoms. The van der Waals surface area contributed by atoms with E-state index >= 15 is 0 Å². The second kappa shape index (κ2) is 22.9. The summed E-state index contributed by atoms with van der Waals surface area (Å²) in [5.74, 6) is -0.711. The minimum absolute atomic E-state index is 0. The van der Waals surface area contributed by atoms with Gasteiger partial charge in [-0.25, -0.2) is 4.98 Å². The SMILES string of the molecule is C=Cc1c(C)c2cc3nc(c4c5[n-]c(cc6nc(cc1[n-]2)C(C)=C6CC)c(C)c5C(=O)C4C(=O)OC)C(CCC(=O)OCC=C(C)CCCC(C)CCCC(C)CCCC(C)C)C3C.[Mg+2]. The van der Waals surface area contributed by atoms with E-state index in [1.165, 1.54) is 57.6 Å². The molecule has 0 radical (unpaired) electrons. The predicted molar refractivity (Wildman–Crippen MR) is 266 cm³/mol.